The Bertz CT molecular complexity index is 768. The molecule has 8 heteroatoms. The number of rotatable bonds is 3. The zero-order chi connectivity index (χ0) is 14.9. The summed E-state index contributed by atoms with van der Waals surface area (Å²) in [7, 11) is -3.82. The van der Waals surface area contributed by atoms with Gasteiger partial charge in [0.25, 0.3) is 10.0 Å². The fraction of sp³-hybridized carbons (Fsp3) is 0. The van der Waals surface area contributed by atoms with Crippen molar-refractivity contribution in [1.82, 2.24) is 0 Å². The zero-order valence-electron chi connectivity index (χ0n) is 9.70. The van der Waals surface area contributed by atoms with Crippen LogP contribution in [0.1, 0.15) is 0 Å². The molecule has 0 aliphatic heterocycles. The van der Waals surface area contributed by atoms with Crippen molar-refractivity contribution in [3.63, 3.8) is 0 Å². The molecule has 0 atom stereocenters. The van der Waals surface area contributed by atoms with Gasteiger partial charge in [0.05, 0.1) is 10.7 Å². The zero-order valence-corrected chi connectivity index (χ0v) is 14.4. The summed E-state index contributed by atoms with van der Waals surface area (Å²) in [5, 5.41) is 0.468. The molecule has 0 aliphatic carbocycles. The molecule has 0 heterocycles. The van der Waals surface area contributed by atoms with Crippen molar-refractivity contribution >= 4 is 59.2 Å². The summed E-state index contributed by atoms with van der Waals surface area (Å²) in [4.78, 5) is -0.0510. The van der Waals surface area contributed by atoms with Gasteiger partial charge < -0.3 is 0 Å². The predicted octanol–water partition coefficient (Wildman–Crippen LogP) is 4.80. The van der Waals surface area contributed by atoms with Gasteiger partial charge in [0.15, 0.2) is 0 Å². The lowest BCUT2D eigenvalue weighted by molar-refractivity contribution is 0.599. The number of halogens is 4. The average Bonchev–Trinajstić information content (AvgIpc) is 2.33. The molecular weight excluding hydrogens is 436 g/mol. The molecule has 0 saturated carbocycles. The third kappa shape index (κ3) is 3.52. The monoisotopic (exact) mass is 441 g/mol. The summed E-state index contributed by atoms with van der Waals surface area (Å²) in [6.45, 7) is 0. The molecular formula is C12H7Br2ClFNO2S. The van der Waals surface area contributed by atoms with E-state index < -0.39 is 15.8 Å². The van der Waals surface area contributed by atoms with Crippen LogP contribution in [0.4, 0.5) is 10.1 Å². The second-order valence-electron chi connectivity index (χ2n) is 3.81. The summed E-state index contributed by atoms with van der Waals surface area (Å²) < 4.78 is 40.5. The van der Waals surface area contributed by atoms with Crippen molar-refractivity contribution in [3.8, 4) is 0 Å². The van der Waals surface area contributed by atoms with Crippen LogP contribution in [0.2, 0.25) is 5.02 Å². The van der Waals surface area contributed by atoms with E-state index in [1.807, 2.05) is 0 Å². The molecule has 0 aliphatic rings. The van der Waals surface area contributed by atoms with Crippen LogP contribution >= 0.6 is 43.5 Å². The van der Waals surface area contributed by atoms with E-state index in [4.69, 9.17) is 11.6 Å². The lowest BCUT2D eigenvalue weighted by Crippen LogP contribution is -2.13. The maximum absolute atomic E-state index is 13.0. The minimum absolute atomic E-state index is 0.0510. The molecule has 2 aromatic rings. The average molecular weight is 444 g/mol. The van der Waals surface area contributed by atoms with Crippen LogP contribution in [0.5, 0.6) is 0 Å². The molecule has 1 N–H and O–H groups in total. The van der Waals surface area contributed by atoms with Crippen LogP contribution in [0, 0.1) is 5.82 Å². The van der Waals surface area contributed by atoms with E-state index in [-0.39, 0.29) is 9.37 Å². The Labute approximate surface area is 137 Å². The molecule has 106 valence electrons. The predicted molar refractivity (Wildman–Crippen MR) is 84.1 cm³/mol. The molecule has 0 saturated heterocycles. The highest BCUT2D eigenvalue weighted by molar-refractivity contribution is 9.10. The first-order valence-electron chi connectivity index (χ1n) is 5.22. The maximum Gasteiger partial charge on any atom is 0.263 e. The van der Waals surface area contributed by atoms with Gasteiger partial charge >= 0.3 is 0 Å². The first kappa shape index (κ1) is 15.8. The lowest BCUT2D eigenvalue weighted by Gasteiger charge is -2.10. The Balaban J connectivity index is 2.38. The van der Waals surface area contributed by atoms with E-state index in [1.54, 1.807) is 6.07 Å². The van der Waals surface area contributed by atoms with Gasteiger partial charge in [0, 0.05) is 8.95 Å². The summed E-state index contributed by atoms with van der Waals surface area (Å²) in [6.07, 6.45) is 0. The van der Waals surface area contributed by atoms with E-state index in [1.165, 1.54) is 18.2 Å². The van der Waals surface area contributed by atoms with Crippen molar-refractivity contribution in [2.24, 2.45) is 0 Å². The summed E-state index contributed by atoms with van der Waals surface area (Å²) in [5.41, 5.74) is 0.345. The molecule has 3 nitrogen and oxygen atoms in total. The van der Waals surface area contributed by atoms with Gasteiger partial charge in [-0.15, -0.1) is 0 Å². The molecule has 0 unspecified atom stereocenters. The van der Waals surface area contributed by atoms with Crippen molar-refractivity contribution < 1.29 is 12.8 Å². The SMILES string of the molecule is O=S(=O)(Nc1ccc(Cl)c(Br)c1)c1ccc(F)cc1Br. The summed E-state index contributed by atoms with van der Waals surface area (Å²) in [6, 6.07) is 7.98. The number of hydrogen-bond donors (Lipinski definition) is 1. The Morgan fingerprint density at radius 2 is 1.75 bits per heavy atom. The van der Waals surface area contributed by atoms with Crippen molar-refractivity contribution in [3.05, 3.63) is 56.2 Å². The van der Waals surface area contributed by atoms with Crippen LogP contribution in [0.15, 0.2) is 50.2 Å². The van der Waals surface area contributed by atoms with Crippen LogP contribution in [-0.2, 0) is 10.0 Å². The van der Waals surface area contributed by atoms with Gasteiger partial charge in [0.2, 0.25) is 0 Å². The van der Waals surface area contributed by atoms with Gasteiger partial charge in [-0.2, -0.15) is 0 Å². The topological polar surface area (TPSA) is 46.2 Å². The molecule has 2 rings (SSSR count). The highest BCUT2D eigenvalue weighted by Gasteiger charge is 2.18. The highest BCUT2D eigenvalue weighted by Crippen LogP contribution is 2.28. The molecule has 0 aromatic heterocycles. The van der Waals surface area contributed by atoms with E-state index in [0.29, 0.717) is 15.2 Å². The number of anilines is 1. The second kappa shape index (κ2) is 6.01. The molecule has 0 amide bonds. The van der Waals surface area contributed by atoms with Crippen LogP contribution in [-0.4, -0.2) is 8.42 Å². The Kier molecular flexibility index (Phi) is 4.73. The Hall–Kier alpha value is -0.630. The van der Waals surface area contributed by atoms with E-state index in [9.17, 15) is 12.8 Å². The molecule has 0 radical (unpaired) electrons. The van der Waals surface area contributed by atoms with Gasteiger partial charge in [0.1, 0.15) is 10.7 Å². The van der Waals surface area contributed by atoms with Crippen LogP contribution in [0.3, 0.4) is 0 Å². The van der Waals surface area contributed by atoms with Crippen molar-refractivity contribution in [2.75, 3.05) is 4.72 Å². The number of sulfonamides is 1. The second-order valence-corrected chi connectivity index (χ2v) is 7.58. The molecule has 2 aromatic carbocycles. The van der Waals surface area contributed by atoms with Gasteiger partial charge in [-0.05, 0) is 68.3 Å². The molecule has 0 bridgehead atoms. The first-order valence-corrected chi connectivity index (χ1v) is 8.67. The lowest BCUT2D eigenvalue weighted by atomic mass is 10.3. The number of nitrogens with one attached hydrogen (secondary N) is 1. The van der Waals surface area contributed by atoms with Gasteiger partial charge in [-0.1, -0.05) is 11.6 Å². The van der Waals surface area contributed by atoms with Gasteiger partial charge in [-0.3, -0.25) is 4.72 Å². The number of hydrogen-bond acceptors (Lipinski definition) is 2. The maximum atomic E-state index is 13.0. The first-order chi connectivity index (χ1) is 9.29. The summed E-state index contributed by atoms with van der Waals surface area (Å²) >= 11 is 12.1. The highest BCUT2D eigenvalue weighted by atomic mass is 79.9. The standard InChI is InChI=1S/C12H7Br2ClFNO2S/c13-9-6-8(2-3-11(9)15)17-20(18,19)12-4-1-7(16)5-10(12)14/h1-6,17H. The van der Waals surface area contributed by atoms with E-state index in [0.717, 1.165) is 12.1 Å². The third-order valence-corrected chi connectivity index (χ3v) is 5.93. The fourth-order valence-electron chi connectivity index (χ4n) is 1.46. The van der Waals surface area contributed by atoms with Gasteiger partial charge in [-0.25, -0.2) is 12.8 Å². The van der Waals surface area contributed by atoms with Crippen molar-refractivity contribution in [2.45, 2.75) is 4.90 Å². The van der Waals surface area contributed by atoms with E-state index >= 15 is 0 Å². The minimum Gasteiger partial charge on any atom is -0.280 e. The quantitative estimate of drug-likeness (QED) is 0.741. The van der Waals surface area contributed by atoms with E-state index in [2.05, 4.69) is 36.6 Å². The van der Waals surface area contributed by atoms with Crippen LogP contribution < -0.4 is 4.72 Å². The largest absolute Gasteiger partial charge is 0.280 e. The minimum atomic E-state index is -3.82. The smallest absolute Gasteiger partial charge is 0.263 e. The summed E-state index contributed by atoms with van der Waals surface area (Å²) in [5.74, 6) is -0.523. The van der Waals surface area contributed by atoms with Crippen molar-refractivity contribution in [1.29, 1.82) is 0 Å². The normalized spacial score (nSPS) is 11.4. The number of benzene rings is 2. The molecule has 20 heavy (non-hydrogen) atoms. The Morgan fingerprint density at radius 3 is 2.35 bits per heavy atom. The fourth-order valence-corrected chi connectivity index (χ4v) is 4.06. The Morgan fingerprint density at radius 1 is 1.05 bits per heavy atom. The molecule has 0 fully saturated rings. The third-order valence-electron chi connectivity index (χ3n) is 2.36. The van der Waals surface area contributed by atoms with Crippen LogP contribution in [0.25, 0.3) is 0 Å². The molecule has 0 spiro atoms.